The number of hydrogen-bond donors (Lipinski definition) is 1. The monoisotopic (exact) mass is 488 g/mol. The quantitative estimate of drug-likeness (QED) is 0.369. The average molecular weight is 489 g/mol. The van der Waals surface area contributed by atoms with Gasteiger partial charge in [0.1, 0.15) is 11.9 Å². The van der Waals surface area contributed by atoms with Gasteiger partial charge in [0, 0.05) is 12.5 Å². The van der Waals surface area contributed by atoms with Crippen molar-refractivity contribution in [3.8, 4) is 0 Å². The van der Waals surface area contributed by atoms with E-state index in [0.29, 0.717) is 12.0 Å². The Morgan fingerprint density at radius 3 is 2.50 bits per heavy atom. The normalized spacial score (nSPS) is 26.2. The molecule has 1 saturated heterocycles. The Balaban J connectivity index is 2.02. The second kappa shape index (κ2) is 9.71. The summed E-state index contributed by atoms with van der Waals surface area (Å²) in [6.45, 7) is 17.5. The van der Waals surface area contributed by atoms with Crippen LogP contribution in [-0.2, 0) is 14.0 Å². The lowest BCUT2D eigenvalue weighted by Gasteiger charge is -2.45. The molecule has 1 unspecified atom stereocenters. The first-order chi connectivity index (χ1) is 15.6. The summed E-state index contributed by atoms with van der Waals surface area (Å²) in [4.78, 5) is 11.8. The molecule has 0 bridgehead atoms. The van der Waals surface area contributed by atoms with Crippen molar-refractivity contribution in [2.24, 2.45) is 5.41 Å². The van der Waals surface area contributed by atoms with Crippen molar-refractivity contribution in [1.82, 2.24) is 0 Å². The van der Waals surface area contributed by atoms with E-state index in [1.54, 1.807) is 6.92 Å². The van der Waals surface area contributed by atoms with Crippen molar-refractivity contribution in [3.05, 3.63) is 52.9 Å². The molecule has 1 aliphatic carbocycles. The van der Waals surface area contributed by atoms with Gasteiger partial charge in [-0.3, -0.25) is 4.79 Å². The second-order valence-electron chi connectivity index (χ2n) is 12.1. The van der Waals surface area contributed by atoms with Gasteiger partial charge in [-0.05, 0) is 83.8 Å². The van der Waals surface area contributed by atoms with Crippen molar-refractivity contribution in [2.75, 3.05) is 0 Å². The third-order valence-corrected chi connectivity index (χ3v) is 12.2. The molecule has 2 aliphatic rings. The van der Waals surface area contributed by atoms with Gasteiger partial charge in [0.05, 0.1) is 12.5 Å². The number of cyclic esters (lactones) is 1. The van der Waals surface area contributed by atoms with E-state index in [-0.39, 0.29) is 34.8 Å². The number of hydrogen-bond acceptors (Lipinski definition) is 4. The Labute approximate surface area is 205 Å². The molecule has 0 radical (unpaired) electrons. The predicted octanol–water partition coefficient (Wildman–Crippen LogP) is 6.72. The number of halogens is 1. The zero-order valence-corrected chi connectivity index (χ0v) is 23.0. The lowest BCUT2D eigenvalue weighted by molar-refractivity contribution is -0.156. The number of benzene rings is 1. The molecule has 1 fully saturated rings. The van der Waals surface area contributed by atoms with E-state index in [1.807, 2.05) is 24.3 Å². The summed E-state index contributed by atoms with van der Waals surface area (Å²) < 4.78 is 26.4. The van der Waals surface area contributed by atoms with Crippen molar-refractivity contribution in [3.63, 3.8) is 0 Å². The standard InChI is InChI=1S/C28H41FO4Si/c1-18-13-19(9-12-25(18)29)23-16-22(33-34(7,8)27(2,3)4)17-28(5,6)24(23)11-10-21-14-20(30)15-26(31)32-21/h9-13,20-22,30H,14-17H2,1-8H3/b11-10+/t20-,21-,22?/m0/s1. The number of aliphatic hydroxyl groups excluding tert-OH is 1. The number of carbonyl (C=O) groups is 1. The van der Waals surface area contributed by atoms with Crippen LogP contribution in [0, 0.1) is 18.2 Å². The van der Waals surface area contributed by atoms with E-state index in [4.69, 9.17) is 9.16 Å². The fourth-order valence-corrected chi connectivity index (χ4v) is 6.09. The fraction of sp³-hybridized carbons (Fsp3) is 0.607. The van der Waals surface area contributed by atoms with Crippen LogP contribution < -0.4 is 0 Å². The van der Waals surface area contributed by atoms with E-state index < -0.39 is 20.5 Å². The van der Waals surface area contributed by atoms with Crippen LogP contribution in [0.2, 0.25) is 18.1 Å². The first-order valence-electron chi connectivity index (χ1n) is 12.3. The number of aryl methyl sites for hydroxylation is 1. The van der Waals surface area contributed by atoms with Gasteiger partial charge in [-0.25, -0.2) is 4.39 Å². The molecule has 0 spiro atoms. The van der Waals surface area contributed by atoms with Crippen LogP contribution in [-0.4, -0.2) is 37.7 Å². The molecule has 1 aliphatic heterocycles. The van der Waals surface area contributed by atoms with Crippen LogP contribution in [0.3, 0.4) is 0 Å². The molecule has 3 atom stereocenters. The molecule has 188 valence electrons. The molecule has 0 saturated carbocycles. The first kappa shape index (κ1) is 26.8. The molecule has 1 aromatic carbocycles. The number of esters is 1. The zero-order valence-electron chi connectivity index (χ0n) is 22.0. The van der Waals surface area contributed by atoms with Crippen LogP contribution in [0.15, 0.2) is 35.9 Å². The highest BCUT2D eigenvalue weighted by atomic mass is 28.4. The number of carbonyl (C=O) groups excluding carboxylic acids is 1. The maximum Gasteiger partial charge on any atom is 0.309 e. The van der Waals surface area contributed by atoms with Crippen LogP contribution in [0.4, 0.5) is 4.39 Å². The van der Waals surface area contributed by atoms with Crippen molar-refractivity contribution in [2.45, 2.75) is 104 Å². The number of rotatable bonds is 5. The van der Waals surface area contributed by atoms with Crippen LogP contribution in [0.25, 0.3) is 5.57 Å². The zero-order chi connectivity index (χ0) is 25.5. The van der Waals surface area contributed by atoms with Crippen LogP contribution in [0.5, 0.6) is 0 Å². The Bertz CT molecular complexity index is 987. The average Bonchev–Trinajstić information content (AvgIpc) is 2.66. The molecular weight excluding hydrogens is 447 g/mol. The minimum Gasteiger partial charge on any atom is -0.458 e. The molecule has 0 aromatic heterocycles. The highest BCUT2D eigenvalue weighted by Crippen LogP contribution is 2.48. The Hall–Kier alpha value is -1.76. The lowest BCUT2D eigenvalue weighted by Crippen LogP contribution is -2.46. The predicted molar refractivity (Wildman–Crippen MR) is 137 cm³/mol. The lowest BCUT2D eigenvalue weighted by atomic mass is 9.69. The highest BCUT2D eigenvalue weighted by molar-refractivity contribution is 6.74. The Morgan fingerprint density at radius 2 is 1.91 bits per heavy atom. The first-order valence-corrected chi connectivity index (χ1v) is 15.2. The summed E-state index contributed by atoms with van der Waals surface area (Å²) in [5.74, 6) is -0.587. The molecule has 34 heavy (non-hydrogen) atoms. The molecular formula is C28H41FO4Si. The van der Waals surface area contributed by atoms with Gasteiger partial charge in [0.2, 0.25) is 0 Å². The fourth-order valence-electron chi connectivity index (χ4n) is 4.74. The van der Waals surface area contributed by atoms with E-state index in [2.05, 4.69) is 47.7 Å². The summed E-state index contributed by atoms with van der Waals surface area (Å²) in [6, 6.07) is 5.29. The molecule has 1 N–H and O–H groups in total. The molecule has 3 rings (SSSR count). The molecule has 1 aromatic rings. The Kier molecular flexibility index (Phi) is 7.66. The number of ether oxygens (including phenoxy) is 1. The second-order valence-corrected chi connectivity index (χ2v) is 16.9. The van der Waals surface area contributed by atoms with Gasteiger partial charge in [-0.15, -0.1) is 0 Å². The Morgan fingerprint density at radius 1 is 1.24 bits per heavy atom. The minimum atomic E-state index is -1.97. The molecule has 6 heteroatoms. The third kappa shape index (κ3) is 6.07. The smallest absolute Gasteiger partial charge is 0.309 e. The minimum absolute atomic E-state index is 0.0467. The van der Waals surface area contributed by atoms with E-state index in [9.17, 15) is 14.3 Å². The van der Waals surface area contributed by atoms with Gasteiger partial charge in [-0.1, -0.05) is 46.8 Å². The van der Waals surface area contributed by atoms with E-state index >= 15 is 0 Å². The third-order valence-electron chi connectivity index (χ3n) is 7.66. The largest absolute Gasteiger partial charge is 0.458 e. The van der Waals surface area contributed by atoms with E-state index in [1.165, 1.54) is 6.07 Å². The van der Waals surface area contributed by atoms with E-state index in [0.717, 1.165) is 29.6 Å². The highest BCUT2D eigenvalue weighted by Gasteiger charge is 2.43. The van der Waals surface area contributed by atoms with Crippen LogP contribution in [0.1, 0.15) is 71.4 Å². The van der Waals surface area contributed by atoms with Gasteiger partial charge in [0.15, 0.2) is 8.32 Å². The number of aliphatic hydroxyl groups is 1. The van der Waals surface area contributed by atoms with Gasteiger partial charge >= 0.3 is 5.97 Å². The summed E-state index contributed by atoms with van der Waals surface area (Å²) >= 11 is 0. The maximum atomic E-state index is 14.1. The summed E-state index contributed by atoms with van der Waals surface area (Å²) in [5, 5.41) is 10.1. The molecule has 4 nitrogen and oxygen atoms in total. The van der Waals surface area contributed by atoms with Crippen molar-refractivity contribution < 1.29 is 23.5 Å². The molecule has 0 amide bonds. The van der Waals surface area contributed by atoms with Gasteiger partial charge in [-0.2, -0.15) is 0 Å². The molecule has 1 heterocycles. The van der Waals surface area contributed by atoms with Gasteiger partial charge in [0.25, 0.3) is 0 Å². The summed E-state index contributed by atoms with van der Waals surface area (Å²) in [7, 11) is -1.97. The SMILES string of the molecule is Cc1cc(C2=C(/C=C/[C@H]3C[C@H](O)CC(=O)O3)C(C)(C)CC(O[Si](C)(C)C(C)(C)C)C2)ccc1F. The van der Waals surface area contributed by atoms with Crippen molar-refractivity contribution in [1.29, 1.82) is 0 Å². The van der Waals surface area contributed by atoms with Crippen molar-refractivity contribution >= 4 is 19.9 Å². The van der Waals surface area contributed by atoms with Gasteiger partial charge < -0.3 is 14.3 Å². The number of allylic oxidation sites excluding steroid dienone is 2. The maximum absolute atomic E-state index is 14.1. The van der Waals surface area contributed by atoms with Crippen LogP contribution >= 0.6 is 0 Å². The topological polar surface area (TPSA) is 55.8 Å². The summed E-state index contributed by atoms with van der Waals surface area (Å²) in [6.07, 6.45) is 4.95. The summed E-state index contributed by atoms with van der Waals surface area (Å²) in [5.41, 5.74) is 3.70.